The minimum Gasteiger partial charge on any atom is -0.176 e. The van der Waals surface area contributed by atoms with Gasteiger partial charge in [0, 0.05) is 5.25 Å². The molecular weight excluding hydrogens is 104 g/mol. The van der Waals surface area contributed by atoms with Crippen LogP contribution in [0.4, 0.5) is 0 Å². The zero-order valence-electron chi connectivity index (χ0n) is 4.94. The summed E-state index contributed by atoms with van der Waals surface area (Å²) in [7, 11) is 0. The highest BCUT2D eigenvalue weighted by Crippen LogP contribution is 2.42. The third-order valence-corrected chi connectivity index (χ3v) is 1.94. The van der Waals surface area contributed by atoms with Crippen LogP contribution >= 0.6 is 12.6 Å². The van der Waals surface area contributed by atoms with Gasteiger partial charge < -0.3 is 0 Å². The Balaban J connectivity index is 2.29. The second-order valence-corrected chi connectivity index (χ2v) is 3.96. The fourth-order valence-corrected chi connectivity index (χ4v) is 2.20. The van der Waals surface area contributed by atoms with Gasteiger partial charge in [-0.1, -0.05) is 13.8 Å². The standard InChI is InChI=1S/C6H12S/c1-6(2)3-5(7)4-6/h5,7H,3-4H2,1-2H3. The van der Waals surface area contributed by atoms with E-state index in [1.165, 1.54) is 12.8 Å². The molecule has 0 aromatic heterocycles. The fraction of sp³-hybridized carbons (Fsp3) is 1.00. The fourth-order valence-electron chi connectivity index (χ4n) is 1.22. The second-order valence-electron chi connectivity index (χ2n) is 3.23. The van der Waals surface area contributed by atoms with E-state index in [9.17, 15) is 0 Å². The molecule has 1 aliphatic carbocycles. The van der Waals surface area contributed by atoms with Gasteiger partial charge in [0.1, 0.15) is 0 Å². The van der Waals surface area contributed by atoms with Gasteiger partial charge >= 0.3 is 0 Å². The van der Waals surface area contributed by atoms with Crippen LogP contribution in [-0.4, -0.2) is 5.25 Å². The molecule has 0 N–H and O–H groups in total. The van der Waals surface area contributed by atoms with Crippen LogP contribution in [0.15, 0.2) is 0 Å². The van der Waals surface area contributed by atoms with Gasteiger partial charge in [-0.25, -0.2) is 0 Å². The van der Waals surface area contributed by atoms with Crippen molar-refractivity contribution in [3.8, 4) is 0 Å². The Morgan fingerprint density at radius 2 is 1.86 bits per heavy atom. The molecule has 42 valence electrons. The summed E-state index contributed by atoms with van der Waals surface area (Å²) < 4.78 is 0. The number of thiol groups is 1. The van der Waals surface area contributed by atoms with Crippen molar-refractivity contribution in [1.29, 1.82) is 0 Å². The second kappa shape index (κ2) is 1.41. The molecule has 0 unspecified atom stereocenters. The molecule has 7 heavy (non-hydrogen) atoms. The monoisotopic (exact) mass is 116 g/mol. The van der Waals surface area contributed by atoms with Crippen molar-refractivity contribution in [2.24, 2.45) is 5.41 Å². The van der Waals surface area contributed by atoms with E-state index in [4.69, 9.17) is 0 Å². The lowest BCUT2D eigenvalue weighted by molar-refractivity contribution is 0.202. The van der Waals surface area contributed by atoms with Crippen LogP contribution in [0.5, 0.6) is 0 Å². The minimum absolute atomic E-state index is 0.617. The molecule has 0 amide bonds. The van der Waals surface area contributed by atoms with Crippen molar-refractivity contribution >= 4 is 12.6 Å². The number of hydrogen-bond donors (Lipinski definition) is 1. The van der Waals surface area contributed by atoms with Gasteiger partial charge in [-0.2, -0.15) is 12.6 Å². The largest absolute Gasteiger partial charge is 0.176 e. The van der Waals surface area contributed by atoms with E-state index >= 15 is 0 Å². The molecule has 1 aliphatic rings. The molecule has 0 nitrogen and oxygen atoms in total. The van der Waals surface area contributed by atoms with Gasteiger partial charge in [0.2, 0.25) is 0 Å². The molecule has 1 heteroatoms. The smallest absolute Gasteiger partial charge is 0.00269 e. The Labute approximate surface area is 50.7 Å². The summed E-state index contributed by atoms with van der Waals surface area (Å²) in [6.07, 6.45) is 2.60. The highest BCUT2D eigenvalue weighted by molar-refractivity contribution is 7.81. The minimum atomic E-state index is 0.617. The zero-order valence-corrected chi connectivity index (χ0v) is 5.83. The van der Waals surface area contributed by atoms with Crippen LogP contribution in [0.3, 0.4) is 0 Å². The van der Waals surface area contributed by atoms with Crippen LogP contribution in [0, 0.1) is 5.41 Å². The van der Waals surface area contributed by atoms with Gasteiger partial charge in [-0.05, 0) is 18.3 Å². The highest BCUT2D eigenvalue weighted by atomic mass is 32.1. The molecule has 0 aliphatic heterocycles. The van der Waals surface area contributed by atoms with Crippen molar-refractivity contribution < 1.29 is 0 Å². The molecule has 0 bridgehead atoms. The van der Waals surface area contributed by atoms with Crippen LogP contribution in [0.1, 0.15) is 26.7 Å². The first kappa shape index (κ1) is 5.49. The van der Waals surface area contributed by atoms with Crippen molar-refractivity contribution in [1.82, 2.24) is 0 Å². The van der Waals surface area contributed by atoms with Crippen molar-refractivity contribution in [3.05, 3.63) is 0 Å². The summed E-state index contributed by atoms with van der Waals surface area (Å²) in [6.45, 7) is 4.58. The SMILES string of the molecule is CC1(C)CC(S)C1. The molecule has 1 fully saturated rings. The van der Waals surface area contributed by atoms with Crippen molar-refractivity contribution in [2.45, 2.75) is 31.9 Å². The molecule has 0 radical (unpaired) electrons. The topological polar surface area (TPSA) is 0 Å². The maximum Gasteiger partial charge on any atom is 0.00269 e. The zero-order chi connectivity index (χ0) is 5.49. The predicted octanol–water partition coefficient (Wildman–Crippen LogP) is 2.10. The number of rotatable bonds is 0. The summed E-state index contributed by atoms with van der Waals surface area (Å²) in [5.41, 5.74) is 0.617. The Morgan fingerprint density at radius 1 is 1.43 bits per heavy atom. The first-order chi connectivity index (χ1) is 3.10. The first-order valence-corrected chi connectivity index (χ1v) is 3.30. The molecule has 0 aromatic carbocycles. The highest BCUT2D eigenvalue weighted by Gasteiger charge is 2.33. The Kier molecular flexibility index (Phi) is 1.11. The summed E-state index contributed by atoms with van der Waals surface area (Å²) in [5, 5.41) is 0.704. The van der Waals surface area contributed by atoms with Crippen molar-refractivity contribution in [2.75, 3.05) is 0 Å². The Bertz CT molecular complexity index is 68.2. The quantitative estimate of drug-likeness (QED) is 0.460. The molecule has 0 spiro atoms. The molecule has 0 saturated heterocycles. The summed E-state index contributed by atoms with van der Waals surface area (Å²) >= 11 is 4.30. The van der Waals surface area contributed by atoms with Crippen LogP contribution in [0.25, 0.3) is 0 Å². The summed E-state index contributed by atoms with van der Waals surface area (Å²) in [4.78, 5) is 0. The number of hydrogen-bond acceptors (Lipinski definition) is 1. The van der Waals surface area contributed by atoms with Gasteiger partial charge in [0.05, 0.1) is 0 Å². The average molecular weight is 116 g/mol. The van der Waals surface area contributed by atoms with E-state index < -0.39 is 0 Å². The third kappa shape index (κ3) is 1.12. The third-order valence-electron chi connectivity index (χ3n) is 1.58. The van der Waals surface area contributed by atoms with E-state index in [0.29, 0.717) is 10.7 Å². The van der Waals surface area contributed by atoms with E-state index in [1.54, 1.807) is 0 Å². The van der Waals surface area contributed by atoms with Gasteiger partial charge in [-0.3, -0.25) is 0 Å². The van der Waals surface area contributed by atoms with Gasteiger partial charge in [0.25, 0.3) is 0 Å². The Hall–Kier alpha value is 0.350. The van der Waals surface area contributed by atoms with Gasteiger partial charge in [-0.15, -0.1) is 0 Å². The van der Waals surface area contributed by atoms with Crippen molar-refractivity contribution in [3.63, 3.8) is 0 Å². The van der Waals surface area contributed by atoms with E-state index in [2.05, 4.69) is 26.5 Å². The molecule has 1 saturated carbocycles. The lowest BCUT2D eigenvalue weighted by Gasteiger charge is -2.39. The first-order valence-electron chi connectivity index (χ1n) is 2.78. The molecule has 1 rings (SSSR count). The van der Waals surface area contributed by atoms with E-state index in [0.717, 1.165) is 0 Å². The maximum atomic E-state index is 4.30. The maximum absolute atomic E-state index is 4.30. The normalized spacial score (nSPS) is 29.6. The molecular formula is C6H12S. The lowest BCUT2D eigenvalue weighted by atomic mass is 9.72. The van der Waals surface area contributed by atoms with Crippen LogP contribution in [-0.2, 0) is 0 Å². The molecule has 0 aromatic rings. The summed E-state index contributed by atoms with van der Waals surface area (Å²) in [5.74, 6) is 0. The predicted molar refractivity (Wildman–Crippen MR) is 35.8 cm³/mol. The van der Waals surface area contributed by atoms with Crippen LogP contribution in [0.2, 0.25) is 0 Å². The molecule has 0 atom stereocenters. The van der Waals surface area contributed by atoms with E-state index in [-0.39, 0.29) is 0 Å². The van der Waals surface area contributed by atoms with Gasteiger partial charge in [0.15, 0.2) is 0 Å². The Morgan fingerprint density at radius 3 is 1.86 bits per heavy atom. The molecule has 0 heterocycles. The lowest BCUT2D eigenvalue weighted by Crippen LogP contribution is -2.31. The summed E-state index contributed by atoms with van der Waals surface area (Å²) in [6, 6.07) is 0. The van der Waals surface area contributed by atoms with E-state index in [1.807, 2.05) is 0 Å². The average Bonchev–Trinajstić information content (AvgIpc) is 1.27. The van der Waals surface area contributed by atoms with Crippen LogP contribution < -0.4 is 0 Å².